The Labute approximate surface area is 89.2 Å². The first kappa shape index (κ1) is 11.7. The molecule has 0 aliphatic carbocycles. The molecule has 3 nitrogen and oxygen atoms in total. The van der Waals surface area contributed by atoms with E-state index in [0.29, 0.717) is 0 Å². The van der Waals surface area contributed by atoms with Crippen molar-refractivity contribution in [2.45, 2.75) is 32.4 Å². The zero-order valence-electron chi connectivity index (χ0n) is 9.13. The van der Waals surface area contributed by atoms with Crippen LogP contribution in [0.2, 0.25) is 0 Å². The molecule has 0 aliphatic rings. The summed E-state index contributed by atoms with van der Waals surface area (Å²) in [4.78, 5) is 1.28. The molecule has 1 atom stereocenters. The third-order valence-electron chi connectivity index (χ3n) is 2.47. The van der Waals surface area contributed by atoms with Crippen LogP contribution >= 0.6 is 11.3 Å². The van der Waals surface area contributed by atoms with E-state index in [1.807, 2.05) is 13.8 Å². The minimum atomic E-state index is -0.303. The van der Waals surface area contributed by atoms with Gasteiger partial charge in [0.15, 0.2) is 0 Å². The Kier molecular flexibility index (Phi) is 3.66. The Bertz CT molecular complexity index is 296. The van der Waals surface area contributed by atoms with E-state index in [9.17, 15) is 0 Å². The number of aryl methyl sites for hydroxylation is 1. The van der Waals surface area contributed by atoms with Gasteiger partial charge in [-0.2, -0.15) is 0 Å². The number of hydrogen-bond acceptors (Lipinski definition) is 4. The van der Waals surface area contributed by atoms with Gasteiger partial charge in [-0.15, -0.1) is 11.3 Å². The van der Waals surface area contributed by atoms with Crippen molar-refractivity contribution in [3.8, 4) is 0 Å². The SMILES string of the molecule is COC(C)(C)C(NN)c1csc(C)c1. The quantitative estimate of drug-likeness (QED) is 0.595. The number of ether oxygens (including phenoxy) is 1. The van der Waals surface area contributed by atoms with Gasteiger partial charge in [0.1, 0.15) is 0 Å². The average Bonchev–Trinajstić information content (AvgIpc) is 2.53. The average molecular weight is 214 g/mol. The van der Waals surface area contributed by atoms with Crippen LogP contribution in [0.3, 0.4) is 0 Å². The Morgan fingerprint density at radius 2 is 2.21 bits per heavy atom. The van der Waals surface area contributed by atoms with E-state index < -0.39 is 0 Å². The zero-order valence-corrected chi connectivity index (χ0v) is 9.94. The lowest BCUT2D eigenvalue weighted by atomic mass is 9.94. The summed E-state index contributed by atoms with van der Waals surface area (Å²) in [6, 6.07) is 2.16. The Morgan fingerprint density at radius 3 is 2.57 bits per heavy atom. The highest BCUT2D eigenvalue weighted by Gasteiger charge is 2.30. The molecule has 1 unspecified atom stereocenters. The molecule has 1 aromatic rings. The van der Waals surface area contributed by atoms with Crippen molar-refractivity contribution in [3.63, 3.8) is 0 Å². The second-order valence-corrected chi connectivity index (χ2v) is 5.01. The number of rotatable bonds is 4. The molecule has 14 heavy (non-hydrogen) atoms. The third kappa shape index (κ3) is 2.33. The molecule has 0 aliphatic heterocycles. The smallest absolute Gasteiger partial charge is 0.0829 e. The van der Waals surface area contributed by atoms with Crippen molar-refractivity contribution in [3.05, 3.63) is 21.9 Å². The number of nitrogens with one attached hydrogen (secondary N) is 1. The first-order chi connectivity index (χ1) is 6.51. The Morgan fingerprint density at radius 1 is 1.57 bits per heavy atom. The van der Waals surface area contributed by atoms with E-state index >= 15 is 0 Å². The number of hydrazine groups is 1. The summed E-state index contributed by atoms with van der Waals surface area (Å²) in [5, 5.41) is 2.11. The van der Waals surface area contributed by atoms with Crippen LogP contribution in [0.15, 0.2) is 11.4 Å². The van der Waals surface area contributed by atoms with Crippen LogP contribution in [-0.4, -0.2) is 12.7 Å². The van der Waals surface area contributed by atoms with Gasteiger partial charge < -0.3 is 4.74 Å². The van der Waals surface area contributed by atoms with Crippen molar-refractivity contribution in [1.82, 2.24) is 5.43 Å². The minimum absolute atomic E-state index is 0.0254. The van der Waals surface area contributed by atoms with E-state index in [1.54, 1.807) is 18.4 Å². The van der Waals surface area contributed by atoms with Crippen molar-refractivity contribution >= 4 is 11.3 Å². The van der Waals surface area contributed by atoms with E-state index in [2.05, 4.69) is 23.8 Å². The van der Waals surface area contributed by atoms with E-state index in [-0.39, 0.29) is 11.6 Å². The topological polar surface area (TPSA) is 47.3 Å². The Hall–Kier alpha value is -0.420. The third-order valence-corrected chi connectivity index (χ3v) is 3.35. The molecule has 1 aromatic heterocycles. The van der Waals surface area contributed by atoms with Crippen LogP contribution in [0.25, 0.3) is 0 Å². The summed E-state index contributed by atoms with van der Waals surface area (Å²) in [5.41, 5.74) is 3.68. The summed E-state index contributed by atoms with van der Waals surface area (Å²) in [6.45, 7) is 6.12. The predicted molar refractivity (Wildman–Crippen MR) is 60.2 cm³/mol. The van der Waals surface area contributed by atoms with E-state index in [4.69, 9.17) is 10.6 Å². The van der Waals surface area contributed by atoms with E-state index in [0.717, 1.165) is 0 Å². The molecule has 0 spiro atoms. The highest BCUT2D eigenvalue weighted by atomic mass is 32.1. The maximum absolute atomic E-state index is 5.55. The van der Waals surface area contributed by atoms with Gasteiger partial charge in [-0.1, -0.05) is 0 Å². The standard InChI is InChI=1S/C10H18N2OS/c1-7-5-8(6-14-7)9(12-11)10(2,3)13-4/h5-6,9,12H,11H2,1-4H3. The summed E-state index contributed by atoms with van der Waals surface area (Å²) >= 11 is 1.72. The van der Waals surface area contributed by atoms with Crippen molar-refractivity contribution < 1.29 is 4.74 Å². The molecule has 0 radical (unpaired) electrons. The maximum Gasteiger partial charge on any atom is 0.0829 e. The molecular formula is C10H18N2OS. The van der Waals surface area contributed by atoms with E-state index in [1.165, 1.54) is 10.4 Å². The Balaban J connectivity index is 2.92. The van der Waals surface area contributed by atoms with Gasteiger partial charge in [0, 0.05) is 12.0 Å². The van der Waals surface area contributed by atoms with Crippen molar-refractivity contribution in [1.29, 1.82) is 0 Å². The molecule has 0 aromatic carbocycles. The molecule has 1 rings (SSSR count). The lowest BCUT2D eigenvalue weighted by Crippen LogP contribution is -2.43. The molecule has 4 heteroatoms. The van der Waals surface area contributed by atoms with Crippen LogP contribution in [0.4, 0.5) is 0 Å². The largest absolute Gasteiger partial charge is 0.377 e. The van der Waals surface area contributed by atoms with Crippen molar-refractivity contribution in [2.75, 3.05) is 7.11 Å². The molecule has 80 valence electrons. The van der Waals surface area contributed by atoms with Gasteiger partial charge in [0.05, 0.1) is 11.6 Å². The highest BCUT2D eigenvalue weighted by Crippen LogP contribution is 2.30. The normalized spacial score (nSPS) is 14.4. The van der Waals surface area contributed by atoms with Gasteiger partial charge in [0.25, 0.3) is 0 Å². The number of hydrogen-bond donors (Lipinski definition) is 2. The van der Waals surface area contributed by atoms with Gasteiger partial charge in [-0.25, -0.2) is 0 Å². The molecule has 3 N–H and O–H groups in total. The molecule has 1 heterocycles. The first-order valence-electron chi connectivity index (χ1n) is 4.57. The fourth-order valence-electron chi connectivity index (χ4n) is 1.43. The zero-order chi connectivity index (χ0) is 10.8. The molecule has 0 fully saturated rings. The summed E-state index contributed by atoms with van der Waals surface area (Å²) in [5.74, 6) is 5.55. The first-order valence-corrected chi connectivity index (χ1v) is 5.45. The lowest BCUT2D eigenvalue weighted by molar-refractivity contribution is -0.0110. The van der Waals surface area contributed by atoms with Gasteiger partial charge >= 0.3 is 0 Å². The molecule has 0 saturated heterocycles. The fourth-order valence-corrected chi connectivity index (χ4v) is 2.16. The monoisotopic (exact) mass is 214 g/mol. The summed E-state index contributed by atoms with van der Waals surface area (Å²) in [6.07, 6.45) is 0. The second-order valence-electron chi connectivity index (χ2n) is 3.90. The van der Waals surface area contributed by atoms with Gasteiger partial charge in [-0.3, -0.25) is 11.3 Å². The van der Waals surface area contributed by atoms with Crippen LogP contribution in [0, 0.1) is 6.92 Å². The summed E-state index contributed by atoms with van der Waals surface area (Å²) < 4.78 is 5.42. The molecule has 0 amide bonds. The fraction of sp³-hybridized carbons (Fsp3) is 0.600. The second kappa shape index (κ2) is 4.40. The maximum atomic E-state index is 5.55. The van der Waals surface area contributed by atoms with Gasteiger partial charge in [-0.05, 0) is 37.8 Å². The number of nitrogens with two attached hydrogens (primary N) is 1. The predicted octanol–water partition coefficient (Wildman–Crippen LogP) is 1.99. The van der Waals surface area contributed by atoms with Crippen LogP contribution in [0.5, 0.6) is 0 Å². The van der Waals surface area contributed by atoms with Crippen LogP contribution in [-0.2, 0) is 4.74 Å². The number of thiophene rings is 1. The van der Waals surface area contributed by atoms with Crippen molar-refractivity contribution in [2.24, 2.45) is 5.84 Å². The highest BCUT2D eigenvalue weighted by molar-refractivity contribution is 7.10. The minimum Gasteiger partial charge on any atom is -0.377 e. The molecule has 0 saturated carbocycles. The number of methoxy groups -OCH3 is 1. The lowest BCUT2D eigenvalue weighted by Gasteiger charge is -2.32. The van der Waals surface area contributed by atoms with Crippen LogP contribution in [0.1, 0.15) is 30.3 Å². The molecular weight excluding hydrogens is 196 g/mol. The van der Waals surface area contributed by atoms with Crippen LogP contribution < -0.4 is 11.3 Å². The summed E-state index contributed by atoms with van der Waals surface area (Å²) in [7, 11) is 1.70. The molecule has 0 bridgehead atoms. The van der Waals surface area contributed by atoms with Gasteiger partial charge in [0.2, 0.25) is 0 Å².